The van der Waals surface area contributed by atoms with Gasteiger partial charge in [0.1, 0.15) is 5.60 Å². The van der Waals surface area contributed by atoms with Crippen LogP contribution in [0.3, 0.4) is 0 Å². The van der Waals surface area contributed by atoms with Crippen LogP contribution in [0.2, 0.25) is 0 Å². The number of aromatic nitrogens is 1. The molecule has 0 bridgehead atoms. The number of pyridine rings is 1. The highest BCUT2D eigenvalue weighted by Crippen LogP contribution is 2.23. The standard InChI is InChI=1S/C24H30N4O4/c1-24(2,3)32-22(30)11-10-21(29)28-15-13-27(14-16-28)20-9-5-4-8-19(20)23(31)26-18-7-6-12-25-17-18/h4-9,12,17H,10-11,13-16H2,1-3H3,(H,26,31). The Morgan fingerprint density at radius 2 is 1.72 bits per heavy atom. The Morgan fingerprint density at radius 1 is 1.00 bits per heavy atom. The van der Waals surface area contributed by atoms with Crippen LogP contribution in [0.15, 0.2) is 48.8 Å². The van der Waals surface area contributed by atoms with Crippen molar-refractivity contribution in [3.8, 4) is 0 Å². The monoisotopic (exact) mass is 438 g/mol. The van der Waals surface area contributed by atoms with Crippen molar-refractivity contribution in [1.29, 1.82) is 0 Å². The predicted molar refractivity (Wildman–Crippen MR) is 123 cm³/mol. The van der Waals surface area contributed by atoms with Crippen molar-refractivity contribution in [3.05, 3.63) is 54.4 Å². The Hall–Kier alpha value is -3.42. The smallest absolute Gasteiger partial charge is 0.306 e. The van der Waals surface area contributed by atoms with E-state index in [1.165, 1.54) is 0 Å². The van der Waals surface area contributed by atoms with Gasteiger partial charge in [0.15, 0.2) is 0 Å². The van der Waals surface area contributed by atoms with Gasteiger partial charge in [-0.15, -0.1) is 0 Å². The molecule has 170 valence electrons. The molecule has 2 heterocycles. The normalized spacial score (nSPS) is 14.1. The van der Waals surface area contributed by atoms with E-state index < -0.39 is 5.60 Å². The zero-order valence-electron chi connectivity index (χ0n) is 18.8. The summed E-state index contributed by atoms with van der Waals surface area (Å²) < 4.78 is 5.27. The Morgan fingerprint density at radius 3 is 2.38 bits per heavy atom. The SMILES string of the molecule is CC(C)(C)OC(=O)CCC(=O)N1CCN(c2ccccc2C(=O)Nc2cccnc2)CC1. The Kier molecular flexibility index (Phi) is 7.45. The van der Waals surface area contributed by atoms with Crippen molar-refractivity contribution in [1.82, 2.24) is 9.88 Å². The van der Waals surface area contributed by atoms with E-state index in [0.29, 0.717) is 37.4 Å². The summed E-state index contributed by atoms with van der Waals surface area (Å²) in [4.78, 5) is 45.1. The second kappa shape index (κ2) is 10.3. The maximum Gasteiger partial charge on any atom is 0.306 e. The van der Waals surface area contributed by atoms with E-state index >= 15 is 0 Å². The summed E-state index contributed by atoms with van der Waals surface area (Å²) in [5.41, 5.74) is 1.48. The van der Waals surface area contributed by atoms with Crippen LogP contribution < -0.4 is 10.2 Å². The summed E-state index contributed by atoms with van der Waals surface area (Å²) in [6, 6.07) is 11.0. The second-order valence-corrected chi connectivity index (χ2v) is 8.67. The molecule has 3 rings (SSSR count). The highest BCUT2D eigenvalue weighted by atomic mass is 16.6. The third kappa shape index (κ3) is 6.54. The van der Waals surface area contributed by atoms with E-state index in [1.807, 2.05) is 18.2 Å². The van der Waals surface area contributed by atoms with E-state index in [4.69, 9.17) is 4.74 Å². The van der Waals surface area contributed by atoms with Crippen LogP contribution in [0, 0.1) is 0 Å². The van der Waals surface area contributed by atoms with Crippen LogP contribution >= 0.6 is 0 Å². The molecule has 1 saturated heterocycles. The van der Waals surface area contributed by atoms with Crippen molar-refractivity contribution in [2.75, 3.05) is 36.4 Å². The fourth-order valence-corrected chi connectivity index (χ4v) is 3.53. The average molecular weight is 439 g/mol. The summed E-state index contributed by atoms with van der Waals surface area (Å²) in [6.45, 7) is 7.70. The first kappa shape index (κ1) is 23.2. The zero-order valence-corrected chi connectivity index (χ0v) is 18.8. The topological polar surface area (TPSA) is 91.8 Å². The number of para-hydroxylation sites is 1. The number of ether oxygens (including phenoxy) is 1. The lowest BCUT2D eigenvalue weighted by Gasteiger charge is -2.37. The predicted octanol–water partition coefficient (Wildman–Crippen LogP) is 3.10. The van der Waals surface area contributed by atoms with Gasteiger partial charge in [0.2, 0.25) is 5.91 Å². The number of hydrogen-bond acceptors (Lipinski definition) is 6. The van der Waals surface area contributed by atoms with Gasteiger partial charge in [-0.05, 0) is 45.0 Å². The first-order chi connectivity index (χ1) is 15.2. The minimum atomic E-state index is -0.553. The fourth-order valence-electron chi connectivity index (χ4n) is 3.53. The molecule has 0 unspecified atom stereocenters. The third-order valence-corrected chi connectivity index (χ3v) is 5.00. The van der Waals surface area contributed by atoms with Gasteiger partial charge in [-0.1, -0.05) is 12.1 Å². The number of carbonyl (C=O) groups excluding carboxylic acids is 3. The summed E-state index contributed by atoms with van der Waals surface area (Å²) in [7, 11) is 0. The lowest BCUT2D eigenvalue weighted by molar-refractivity contribution is -0.156. The number of carbonyl (C=O) groups is 3. The molecule has 1 aliphatic heterocycles. The summed E-state index contributed by atoms with van der Waals surface area (Å²) in [5, 5.41) is 2.87. The fraction of sp³-hybridized carbons (Fsp3) is 0.417. The number of anilines is 2. The number of piperazine rings is 1. The summed E-state index contributed by atoms with van der Waals surface area (Å²) in [6.07, 6.45) is 3.47. The maximum atomic E-state index is 12.8. The van der Waals surface area contributed by atoms with Gasteiger partial charge in [-0.25, -0.2) is 0 Å². The molecule has 2 aromatic rings. The molecule has 32 heavy (non-hydrogen) atoms. The van der Waals surface area contributed by atoms with Gasteiger partial charge in [-0.2, -0.15) is 0 Å². The minimum absolute atomic E-state index is 0.0573. The third-order valence-electron chi connectivity index (χ3n) is 5.00. The largest absolute Gasteiger partial charge is 0.460 e. The first-order valence-electron chi connectivity index (χ1n) is 10.8. The Bertz CT molecular complexity index is 948. The Balaban J connectivity index is 1.56. The molecule has 0 radical (unpaired) electrons. The molecular formula is C24H30N4O4. The van der Waals surface area contributed by atoms with E-state index in [2.05, 4.69) is 15.2 Å². The highest BCUT2D eigenvalue weighted by Gasteiger charge is 2.25. The molecule has 2 amide bonds. The molecule has 8 nitrogen and oxygen atoms in total. The van der Waals surface area contributed by atoms with Crippen LogP contribution in [-0.4, -0.2) is 59.4 Å². The average Bonchev–Trinajstić information content (AvgIpc) is 2.77. The van der Waals surface area contributed by atoms with Gasteiger partial charge in [0.05, 0.1) is 23.9 Å². The summed E-state index contributed by atoms with van der Waals surface area (Å²) >= 11 is 0. The van der Waals surface area contributed by atoms with Crippen molar-refractivity contribution in [2.45, 2.75) is 39.2 Å². The van der Waals surface area contributed by atoms with Gasteiger partial charge >= 0.3 is 5.97 Å². The van der Waals surface area contributed by atoms with Gasteiger partial charge in [0.25, 0.3) is 5.91 Å². The van der Waals surface area contributed by atoms with Crippen LogP contribution in [0.1, 0.15) is 44.0 Å². The number of nitrogens with one attached hydrogen (secondary N) is 1. The van der Waals surface area contributed by atoms with E-state index in [0.717, 1.165) is 5.69 Å². The van der Waals surface area contributed by atoms with Crippen LogP contribution in [0.25, 0.3) is 0 Å². The quantitative estimate of drug-likeness (QED) is 0.697. The number of nitrogens with zero attached hydrogens (tertiary/aromatic N) is 3. The number of hydrogen-bond donors (Lipinski definition) is 1. The molecule has 1 N–H and O–H groups in total. The lowest BCUT2D eigenvalue weighted by atomic mass is 10.1. The molecule has 0 saturated carbocycles. The molecular weight excluding hydrogens is 408 g/mol. The Labute approximate surface area is 188 Å². The molecule has 1 aromatic carbocycles. The number of amides is 2. The van der Waals surface area contributed by atoms with E-state index in [1.54, 1.807) is 56.3 Å². The molecule has 1 aromatic heterocycles. The molecule has 0 aliphatic carbocycles. The van der Waals surface area contributed by atoms with Crippen molar-refractivity contribution in [2.24, 2.45) is 0 Å². The summed E-state index contributed by atoms with van der Waals surface area (Å²) in [5.74, 6) is -0.624. The number of esters is 1. The molecule has 1 aliphatic rings. The van der Waals surface area contributed by atoms with E-state index in [9.17, 15) is 14.4 Å². The number of rotatable bonds is 6. The second-order valence-electron chi connectivity index (χ2n) is 8.67. The van der Waals surface area contributed by atoms with Crippen molar-refractivity contribution >= 4 is 29.2 Å². The maximum absolute atomic E-state index is 12.8. The first-order valence-corrected chi connectivity index (χ1v) is 10.8. The molecule has 1 fully saturated rings. The van der Waals surface area contributed by atoms with Crippen LogP contribution in [0.5, 0.6) is 0 Å². The zero-order chi connectivity index (χ0) is 23.1. The molecule has 8 heteroatoms. The number of benzene rings is 1. The molecule has 0 atom stereocenters. The van der Waals surface area contributed by atoms with Crippen LogP contribution in [0.4, 0.5) is 11.4 Å². The van der Waals surface area contributed by atoms with Crippen molar-refractivity contribution < 1.29 is 19.1 Å². The minimum Gasteiger partial charge on any atom is -0.460 e. The lowest BCUT2D eigenvalue weighted by Crippen LogP contribution is -2.49. The molecule has 0 spiro atoms. The van der Waals surface area contributed by atoms with Crippen LogP contribution in [-0.2, 0) is 14.3 Å². The van der Waals surface area contributed by atoms with Crippen molar-refractivity contribution in [3.63, 3.8) is 0 Å². The van der Waals surface area contributed by atoms with E-state index in [-0.39, 0.29) is 30.6 Å². The van der Waals surface area contributed by atoms with Gasteiger partial charge in [0, 0.05) is 44.5 Å². The van der Waals surface area contributed by atoms with Gasteiger partial charge in [-0.3, -0.25) is 19.4 Å². The highest BCUT2D eigenvalue weighted by molar-refractivity contribution is 6.08. The van der Waals surface area contributed by atoms with Gasteiger partial charge < -0.3 is 19.9 Å².